The third-order valence-electron chi connectivity index (χ3n) is 5.00. The molecular weight excluding hydrogens is 254 g/mol. The maximum Gasteiger partial charge on any atom is 0.329 e. The van der Waals surface area contributed by atoms with Crippen LogP contribution in [0.25, 0.3) is 0 Å². The van der Waals surface area contributed by atoms with Gasteiger partial charge in [0, 0.05) is 6.42 Å². The van der Waals surface area contributed by atoms with E-state index in [9.17, 15) is 14.7 Å². The van der Waals surface area contributed by atoms with E-state index >= 15 is 0 Å². The normalized spacial score (nSPS) is 23.2. The lowest BCUT2D eigenvalue weighted by molar-refractivity contribution is -0.149. The molecule has 0 aliphatic heterocycles. The van der Waals surface area contributed by atoms with Crippen LogP contribution in [0.4, 0.5) is 0 Å². The van der Waals surface area contributed by atoms with Crippen molar-refractivity contribution in [1.82, 2.24) is 5.32 Å². The first-order valence-corrected chi connectivity index (χ1v) is 8.17. The maximum absolute atomic E-state index is 12.1. The molecule has 0 aromatic heterocycles. The monoisotopic (exact) mass is 281 g/mol. The van der Waals surface area contributed by atoms with E-state index in [1.54, 1.807) is 0 Å². The van der Waals surface area contributed by atoms with Gasteiger partial charge in [-0.25, -0.2) is 4.79 Å². The lowest BCUT2D eigenvalue weighted by Gasteiger charge is -2.34. The summed E-state index contributed by atoms with van der Waals surface area (Å²) < 4.78 is 0. The lowest BCUT2D eigenvalue weighted by atomic mass is 9.81. The van der Waals surface area contributed by atoms with E-state index in [4.69, 9.17) is 0 Å². The molecule has 0 atom stereocenters. The van der Waals surface area contributed by atoms with Gasteiger partial charge in [-0.3, -0.25) is 4.79 Å². The Balaban J connectivity index is 1.80. The van der Waals surface area contributed by atoms with E-state index in [-0.39, 0.29) is 5.91 Å². The van der Waals surface area contributed by atoms with Gasteiger partial charge < -0.3 is 10.4 Å². The van der Waals surface area contributed by atoms with Crippen molar-refractivity contribution in [2.24, 2.45) is 5.92 Å². The van der Waals surface area contributed by atoms with Crippen LogP contribution in [0.15, 0.2) is 0 Å². The average molecular weight is 281 g/mol. The minimum atomic E-state index is -0.984. The van der Waals surface area contributed by atoms with Gasteiger partial charge in [0.25, 0.3) is 0 Å². The Bertz CT molecular complexity index is 342. The second-order valence-electron chi connectivity index (χ2n) is 6.54. The molecule has 0 unspecified atom stereocenters. The fourth-order valence-corrected chi connectivity index (χ4v) is 3.69. The summed E-state index contributed by atoms with van der Waals surface area (Å²) in [6, 6.07) is 0. The molecule has 0 radical (unpaired) electrons. The van der Waals surface area contributed by atoms with Crippen LogP contribution in [0.5, 0.6) is 0 Å². The largest absolute Gasteiger partial charge is 0.480 e. The summed E-state index contributed by atoms with van der Waals surface area (Å²) in [7, 11) is 0. The predicted molar refractivity (Wildman–Crippen MR) is 77.4 cm³/mol. The molecule has 4 heteroatoms. The van der Waals surface area contributed by atoms with E-state index in [0.717, 1.165) is 25.7 Å². The summed E-state index contributed by atoms with van der Waals surface area (Å²) >= 11 is 0. The Labute approximate surface area is 121 Å². The zero-order chi connectivity index (χ0) is 14.4. The molecule has 2 fully saturated rings. The van der Waals surface area contributed by atoms with Crippen molar-refractivity contribution in [1.29, 1.82) is 0 Å². The van der Waals surface area contributed by atoms with Crippen molar-refractivity contribution >= 4 is 11.9 Å². The van der Waals surface area contributed by atoms with Crippen molar-refractivity contribution in [3.63, 3.8) is 0 Å². The zero-order valence-corrected chi connectivity index (χ0v) is 12.3. The Morgan fingerprint density at radius 1 is 1.00 bits per heavy atom. The highest BCUT2D eigenvalue weighted by molar-refractivity contribution is 5.87. The molecule has 0 aromatic carbocycles. The number of carboxylic acids is 1. The van der Waals surface area contributed by atoms with Crippen molar-refractivity contribution in [2.45, 2.75) is 82.6 Å². The Morgan fingerprint density at radius 2 is 1.60 bits per heavy atom. The van der Waals surface area contributed by atoms with Crippen molar-refractivity contribution in [3.8, 4) is 0 Å². The molecule has 1 amide bonds. The van der Waals surface area contributed by atoms with Crippen molar-refractivity contribution in [2.75, 3.05) is 0 Å². The van der Waals surface area contributed by atoms with E-state index in [2.05, 4.69) is 5.32 Å². The number of aliphatic carboxylic acids is 1. The third-order valence-corrected chi connectivity index (χ3v) is 5.00. The first-order chi connectivity index (χ1) is 9.62. The van der Waals surface area contributed by atoms with E-state index in [0.29, 0.717) is 25.2 Å². The molecule has 2 aliphatic carbocycles. The molecule has 4 nitrogen and oxygen atoms in total. The molecule has 0 heterocycles. The Hall–Kier alpha value is -1.06. The van der Waals surface area contributed by atoms with Crippen LogP contribution in [0.2, 0.25) is 0 Å². The van der Waals surface area contributed by atoms with Gasteiger partial charge >= 0.3 is 5.97 Å². The first-order valence-electron chi connectivity index (χ1n) is 8.17. The fraction of sp³-hybridized carbons (Fsp3) is 0.875. The van der Waals surface area contributed by atoms with Gasteiger partial charge in [-0.15, -0.1) is 0 Å². The van der Waals surface area contributed by atoms with Gasteiger partial charge in [-0.1, -0.05) is 51.4 Å². The van der Waals surface area contributed by atoms with Crippen molar-refractivity contribution < 1.29 is 14.7 Å². The van der Waals surface area contributed by atoms with Gasteiger partial charge in [0.1, 0.15) is 5.54 Å². The maximum atomic E-state index is 12.1. The number of amides is 1. The Kier molecular flexibility index (Phi) is 5.44. The molecule has 0 aromatic rings. The first kappa shape index (κ1) is 15.3. The van der Waals surface area contributed by atoms with Gasteiger partial charge in [0.05, 0.1) is 0 Å². The molecule has 2 N–H and O–H groups in total. The molecular formula is C16H27NO3. The van der Waals surface area contributed by atoms with Crippen LogP contribution in [-0.4, -0.2) is 22.5 Å². The lowest BCUT2D eigenvalue weighted by Crippen LogP contribution is -2.55. The zero-order valence-electron chi connectivity index (χ0n) is 12.3. The highest BCUT2D eigenvalue weighted by Gasteiger charge is 2.40. The van der Waals surface area contributed by atoms with Gasteiger partial charge in [0.2, 0.25) is 5.91 Å². The molecule has 114 valence electrons. The van der Waals surface area contributed by atoms with Crippen LogP contribution in [0, 0.1) is 5.92 Å². The molecule has 0 spiro atoms. The molecule has 0 saturated heterocycles. The SMILES string of the molecule is O=C(CCC1CCCCC1)NC1(C(=O)O)CCCCC1. The minimum absolute atomic E-state index is 0.0696. The van der Waals surface area contributed by atoms with Crippen molar-refractivity contribution in [3.05, 3.63) is 0 Å². The molecule has 20 heavy (non-hydrogen) atoms. The highest BCUT2D eigenvalue weighted by atomic mass is 16.4. The molecule has 0 bridgehead atoms. The summed E-state index contributed by atoms with van der Waals surface area (Å²) in [6.07, 6.45) is 11.8. The number of nitrogens with one attached hydrogen (secondary N) is 1. The topological polar surface area (TPSA) is 66.4 Å². The summed E-state index contributed by atoms with van der Waals surface area (Å²) in [4.78, 5) is 23.6. The summed E-state index contributed by atoms with van der Waals surface area (Å²) in [5, 5.41) is 12.3. The summed E-state index contributed by atoms with van der Waals surface area (Å²) in [5.74, 6) is -0.260. The smallest absolute Gasteiger partial charge is 0.329 e. The highest BCUT2D eigenvalue weighted by Crippen LogP contribution is 2.30. The molecule has 2 rings (SSSR count). The second kappa shape index (κ2) is 7.09. The predicted octanol–water partition coefficient (Wildman–Crippen LogP) is 3.25. The molecule has 2 aliphatic rings. The fourth-order valence-electron chi connectivity index (χ4n) is 3.69. The van der Waals surface area contributed by atoms with Gasteiger partial charge in [-0.05, 0) is 25.2 Å². The standard InChI is InChI=1S/C16H27NO3/c18-14(10-9-13-7-3-1-4-8-13)17-16(15(19)20)11-5-2-6-12-16/h13H,1-12H2,(H,17,18)(H,19,20). The Morgan fingerprint density at radius 3 is 2.20 bits per heavy atom. The van der Waals surface area contributed by atoms with E-state index in [1.165, 1.54) is 32.1 Å². The number of carbonyl (C=O) groups is 2. The summed E-state index contributed by atoms with van der Waals surface area (Å²) in [5.41, 5.74) is -0.984. The van der Waals surface area contributed by atoms with E-state index in [1.807, 2.05) is 0 Å². The third kappa shape index (κ3) is 3.97. The van der Waals surface area contributed by atoms with Gasteiger partial charge in [0.15, 0.2) is 0 Å². The number of carboxylic acid groups (broad SMARTS) is 1. The summed E-state index contributed by atoms with van der Waals surface area (Å²) in [6.45, 7) is 0. The van der Waals surface area contributed by atoms with Crippen LogP contribution in [0.1, 0.15) is 77.0 Å². The second-order valence-corrected chi connectivity index (χ2v) is 6.54. The number of hydrogen-bond acceptors (Lipinski definition) is 2. The average Bonchev–Trinajstić information content (AvgIpc) is 2.47. The number of carbonyl (C=O) groups excluding carboxylic acids is 1. The number of hydrogen-bond donors (Lipinski definition) is 2. The quantitative estimate of drug-likeness (QED) is 0.813. The van der Waals surface area contributed by atoms with Crippen LogP contribution < -0.4 is 5.32 Å². The molecule has 2 saturated carbocycles. The van der Waals surface area contributed by atoms with Crippen LogP contribution >= 0.6 is 0 Å². The van der Waals surface area contributed by atoms with Gasteiger partial charge in [-0.2, -0.15) is 0 Å². The van der Waals surface area contributed by atoms with Crippen LogP contribution in [0.3, 0.4) is 0 Å². The van der Waals surface area contributed by atoms with E-state index < -0.39 is 11.5 Å². The van der Waals surface area contributed by atoms with Crippen LogP contribution in [-0.2, 0) is 9.59 Å². The number of rotatable bonds is 5. The minimum Gasteiger partial charge on any atom is -0.480 e.